The van der Waals surface area contributed by atoms with Crippen LogP contribution in [0.25, 0.3) is 0 Å². The van der Waals surface area contributed by atoms with Gasteiger partial charge < -0.3 is 14.9 Å². The van der Waals surface area contributed by atoms with Crippen LogP contribution in [0.15, 0.2) is 30.3 Å². The molecule has 2 N–H and O–H groups in total. The van der Waals surface area contributed by atoms with Crippen LogP contribution < -0.4 is 0 Å². The van der Waals surface area contributed by atoms with Crippen molar-refractivity contribution in [1.29, 1.82) is 0 Å². The van der Waals surface area contributed by atoms with Crippen molar-refractivity contribution in [3.8, 4) is 0 Å². The Balaban J connectivity index is 2.43. The maximum absolute atomic E-state index is 9.92. The van der Waals surface area contributed by atoms with Gasteiger partial charge in [-0.2, -0.15) is 0 Å². The Morgan fingerprint density at radius 3 is 2.47 bits per heavy atom. The zero-order valence-electron chi connectivity index (χ0n) is 11.8. The van der Waals surface area contributed by atoms with Crippen molar-refractivity contribution in [2.75, 3.05) is 26.3 Å². The number of rotatable bonds is 9. The molecule has 0 aliphatic heterocycles. The predicted molar refractivity (Wildman–Crippen MR) is 75.9 cm³/mol. The van der Waals surface area contributed by atoms with E-state index in [1.54, 1.807) is 0 Å². The third kappa shape index (κ3) is 7.28. The van der Waals surface area contributed by atoms with Gasteiger partial charge in [0.25, 0.3) is 0 Å². The van der Waals surface area contributed by atoms with Gasteiger partial charge in [-0.05, 0) is 19.4 Å². The van der Waals surface area contributed by atoms with E-state index in [0.29, 0.717) is 19.7 Å². The molecule has 4 heteroatoms. The molecule has 0 aliphatic carbocycles. The van der Waals surface area contributed by atoms with Crippen molar-refractivity contribution in [3.05, 3.63) is 35.9 Å². The predicted octanol–water partition coefficient (Wildman–Crippen LogP) is 1.27. The summed E-state index contributed by atoms with van der Waals surface area (Å²) < 4.78 is 5.39. The summed E-state index contributed by atoms with van der Waals surface area (Å²) in [6.07, 6.45) is -0.410. The van der Waals surface area contributed by atoms with Gasteiger partial charge in [0, 0.05) is 19.6 Å². The van der Waals surface area contributed by atoms with Crippen molar-refractivity contribution >= 4 is 0 Å². The average Bonchev–Trinajstić information content (AvgIpc) is 2.38. The van der Waals surface area contributed by atoms with E-state index in [1.165, 1.54) is 5.56 Å². The summed E-state index contributed by atoms with van der Waals surface area (Å²) in [5.41, 5.74) is 1.17. The summed E-state index contributed by atoms with van der Waals surface area (Å²) in [6, 6.07) is 10.0. The minimum atomic E-state index is -0.530. The Kier molecular flexibility index (Phi) is 7.67. The second kappa shape index (κ2) is 9.04. The Morgan fingerprint density at radius 1 is 1.21 bits per heavy atom. The van der Waals surface area contributed by atoms with Gasteiger partial charge in [0.05, 0.1) is 25.4 Å². The van der Waals surface area contributed by atoms with Crippen molar-refractivity contribution < 1.29 is 14.9 Å². The highest BCUT2D eigenvalue weighted by molar-refractivity contribution is 5.14. The number of nitrogens with zero attached hydrogens (tertiary/aromatic N) is 1. The van der Waals surface area contributed by atoms with E-state index in [0.717, 1.165) is 6.54 Å². The molecule has 1 aromatic rings. The van der Waals surface area contributed by atoms with Gasteiger partial charge in [0.1, 0.15) is 0 Å². The first-order valence-corrected chi connectivity index (χ1v) is 6.78. The summed E-state index contributed by atoms with van der Waals surface area (Å²) in [4.78, 5) is 2.03. The van der Waals surface area contributed by atoms with Gasteiger partial charge in [-0.15, -0.1) is 0 Å². The van der Waals surface area contributed by atoms with Gasteiger partial charge in [-0.1, -0.05) is 30.3 Å². The third-order valence-electron chi connectivity index (χ3n) is 2.76. The molecule has 0 heterocycles. The summed E-state index contributed by atoms with van der Waals surface area (Å²) in [6.45, 7) is 6.08. The molecule has 0 amide bonds. The van der Waals surface area contributed by atoms with E-state index in [1.807, 2.05) is 49.1 Å². The first-order valence-electron chi connectivity index (χ1n) is 6.78. The van der Waals surface area contributed by atoms with Crippen LogP contribution in [0, 0.1) is 0 Å². The Bertz CT molecular complexity index is 329. The molecule has 4 nitrogen and oxygen atoms in total. The molecule has 1 aromatic carbocycles. The second-order valence-electron chi connectivity index (χ2n) is 4.98. The lowest BCUT2D eigenvalue weighted by Gasteiger charge is -2.24. The standard InChI is InChI=1S/C15H25NO3/c1-13(2)19-12-15(18)11-16(8-9-17)10-14-6-4-3-5-7-14/h3-7,13,15,17-18H,8-12H2,1-2H3/t15-/m0/s1. The molecular formula is C15H25NO3. The first-order chi connectivity index (χ1) is 9.11. The number of hydrogen-bond acceptors (Lipinski definition) is 4. The average molecular weight is 267 g/mol. The van der Waals surface area contributed by atoms with Crippen LogP contribution in [-0.4, -0.2) is 53.6 Å². The fourth-order valence-electron chi connectivity index (χ4n) is 1.87. The fourth-order valence-corrected chi connectivity index (χ4v) is 1.87. The number of aliphatic hydroxyl groups is 2. The maximum atomic E-state index is 9.92. The minimum absolute atomic E-state index is 0.0879. The molecule has 0 spiro atoms. The highest BCUT2D eigenvalue weighted by Crippen LogP contribution is 2.05. The zero-order chi connectivity index (χ0) is 14.1. The highest BCUT2D eigenvalue weighted by Gasteiger charge is 2.12. The smallest absolute Gasteiger partial charge is 0.0900 e. The fraction of sp³-hybridized carbons (Fsp3) is 0.600. The lowest BCUT2D eigenvalue weighted by Crippen LogP contribution is -2.36. The van der Waals surface area contributed by atoms with Gasteiger partial charge >= 0.3 is 0 Å². The molecule has 0 radical (unpaired) electrons. The molecule has 0 bridgehead atoms. The zero-order valence-corrected chi connectivity index (χ0v) is 11.8. The highest BCUT2D eigenvalue weighted by atomic mass is 16.5. The molecule has 1 atom stereocenters. The van der Waals surface area contributed by atoms with Crippen LogP contribution in [0.1, 0.15) is 19.4 Å². The van der Waals surface area contributed by atoms with Crippen molar-refractivity contribution in [2.45, 2.75) is 32.6 Å². The topological polar surface area (TPSA) is 52.9 Å². The Morgan fingerprint density at radius 2 is 1.89 bits per heavy atom. The molecule has 0 saturated heterocycles. The number of hydrogen-bond donors (Lipinski definition) is 2. The van der Waals surface area contributed by atoms with Crippen LogP contribution in [0.2, 0.25) is 0 Å². The molecule has 0 unspecified atom stereocenters. The minimum Gasteiger partial charge on any atom is -0.395 e. The van der Waals surface area contributed by atoms with Crippen LogP contribution >= 0.6 is 0 Å². The van der Waals surface area contributed by atoms with Crippen molar-refractivity contribution in [2.24, 2.45) is 0 Å². The SMILES string of the molecule is CC(C)OC[C@@H](O)CN(CCO)Cc1ccccc1. The van der Waals surface area contributed by atoms with E-state index in [-0.39, 0.29) is 12.7 Å². The lowest BCUT2D eigenvalue weighted by atomic mass is 10.2. The van der Waals surface area contributed by atoms with E-state index < -0.39 is 6.10 Å². The quantitative estimate of drug-likeness (QED) is 0.707. The van der Waals surface area contributed by atoms with E-state index in [2.05, 4.69) is 0 Å². The molecule has 1 rings (SSSR count). The molecule has 0 aliphatic rings. The molecular weight excluding hydrogens is 242 g/mol. The summed E-state index contributed by atoms with van der Waals surface area (Å²) in [7, 11) is 0. The van der Waals surface area contributed by atoms with Crippen molar-refractivity contribution in [3.63, 3.8) is 0 Å². The van der Waals surface area contributed by atoms with Gasteiger partial charge in [-0.25, -0.2) is 0 Å². The summed E-state index contributed by atoms with van der Waals surface area (Å²) in [5, 5.41) is 19.0. The van der Waals surface area contributed by atoms with Gasteiger partial charge in [0.2, 0.25) is 0 Å². The van der Waals surface area contributed by atoms with Gasteiger partial charge in [0.15, 0.2) is 0 Å². The number of aliphatic hydroxyl groups excluding tert-OH is 2. The van der Waals surface area contributed by atoms with Crippen LogP contribution in [0.5, 0.6) is 0 Å². The monoisotopic (exact) mass is 267 g/mol. The first kappa shape index (κ1) is 16.1. The van der Waals surface area contributed by atoms with Crippen LogP contribution in [-0.2, 0) is 11.3 Å². The molecule has 0 saturated carbocycles. The third-order valence-corrected chi connectivity index (χ3v) is 2.76. The molecule has 108 valence electrons. The summed E-state index contributed by atoms with van der Waals surface area (Å²) >= 11 is 0. The lowest BCUT2D eigenvalue weighted by molar-refractivity contribution is -0.0112. The van der Waals surface area contributed by atoms with E-state index >= 15 is 0 Å². The second-order valence-corrected chi connectivity index (χ2v) is 4.98. The number of benzene rings is 1. The molecule has 0 aromatic heterocycles. The van der Waals surface area contributed by atoms with Gasteiger partial charge in [-0.3, -0.25) is 4.90 Å². The van der Waals surface area contributed by atoms with Crippen molar-refractivity contribution in [1.82, 2.24) is 4.90 Å². The summed E-state index contributed by atoms with van der Waals surface area (Å²) in [5.74, 6) is 0. The largest absolute Gasteiger partial charge is 0.395 e. The normalized spacial score (nSPS) is 13.2. The van der Waals surface area contributed by atoms with E-state index in [9.17, 15) is 5.11 Å². The maximum Gasteiger partial charge on any atom is 0.0900 e. The van der Waals surface area contributed by atoms with Crippen LogP contribution in [0.3, 0.4) is 0 Å². The van der Waals surface area contributed by atoms with Crippen LogP contribution in [0.4, 0.5) is 0 Å². The molecule has 0 fully saturated rings. The number of ether oxygens (including phenoxy) is 1. The van der Waals surface area contributed by atoms with E-state index in [4.69, 9.17) is 9.84 Å². The Hall–Kier alpha value is -0.940. The molecule has 19 heavy (non-hydrogen) atoms. The Labute approximate surface area is 115 Å².